The highest BCUT2D eigenvalue weighted by atomic mass is 79.9. The fourth-order valence-electron chi connectivity index (χ4n) is 7.63. The topological polar surface area (TPSA) is 143 Å². The fraction of sp³-hybridized carbons (Fsp3) is 0.667. The first-order valence-electron chi connectivity index (χ1n) is 14.2. The molecule has 4 aliphatic rings. The Hall–Kier alpha value is -1.58. The Labute approximate surface area is 267 Å². The summed E-state index contributed by atoms with van der Waals surface area (Å²) in [7, 11) is 4.49. The molecule has 2 aliphatic carbocycles. The number of esters is 2. The Morgan fingerprint density at radius 3 is 2.49 bits per heavy atom. The zero-order valence-corrected chi connectivity index (χ0v) is 27.8. The molecule has 5 rings (SSSR count). The average Bonchev–Trinajstić information content (AvgIpc) is 3.40. The van der Waals surface area contributed by atoms with E-state index in [1.807, 2.05) is 32.1 Å². The van der Waals surface area contributed by atoms with Gasteiger partial charge in [0.25, 0.3) is 0 Å². The van der Waals surface area contributed by atoms with E-state index in [-0.39, 0.29) is 31.5 Å². The van der Waals surface area contributed by atoms with Crippen molar-refractivity contribution in [2.24, 2.45) is 35.5 Å². The highest BCUT2D eigenvalue weighted by Gasteiger charge is 2.71. The molecule has 3 heterocycles. The van der Waals surface area contributed by atoms with Crippen molar-refractivity contribution >= 4 is 43.8 Å². The number of hydrogen-bond donors (Lipinski definition) is 2. The summed E-state index contributed by atoms with van der Waals surface area (Å²) in [4.78, 5) is 27.1. The third kappa shape index (κ3) is 5.58. The predicted octanol–water partition coefficient (Wildman–Crippen LogP) is 3.30. The van der Waals surface area contributed by atoms with Crippen LogP contribution in [0.1, 0.15) is 24.4 Å². The largest absolute Gasteiger partial charge is 0.459 e. The van der Waals surface area contributed by atoms with Crippen LogP contribution < -0.4 is 0 Å². The molecule has 1 aromatic heterocycles. The SMILES string of the molecule is COC[C@@H]1[C@@H](O)[C@@H]2[C@H]3C=C[C@@H]4[C@@H](COC)C(=O)O[C@H]([C@H](O)COC)[C@H](C)/C=C(\C)[C@@]24O[C@H]3[C@@H]1OC(=O)c1cc(Br)c(Br)o1. The normalized spacial score (nSPS) is 40.4. The number of rotatable bonds is 9. The first-order chi connectivity index (χ1) is 20.5. The summed E-state index contributed by atoms with van der Waals surface area (Å²) in [5.41, 5.74) is -0.382. The number of halogens is 2. The molecule has 1 aromatic rings. The molecule has 2 fully saturated rings. The van der Waals surface area contributed by atoms with E-state index in [0.717, 1.165) is 5.57 Å². The summed E-state index contributed by atoms with van der Waals surface area (Å²) in [6.45, 7) is 3.88. The van der Waals surface area contributed by atoms with Gasteiger partial charge in [0.05, 0.1) is 36.3 Å². The van der Waals surface area contributed by atoms with Gasteiger partial charge in [-0.25, -0.2) is 4.79 Å². The second kappa shape index (κ2) is 13.0. The minimum Gasteiger partial charge on any atom is -0.459 e. The van der Waals surface area contributed by atoms with E-state index >= 15 is 0 Å². The number of ether oxygens (including phenoxy) is 6. The molecule has 1 saturated heterocycles. The molecular weight excluding hydrogens is 696 g/mol. The zero-order valence-electron chi connectivity index (χ0n) is 24.6. The van der Waals surface area contributed by atoms with E-state index in [0.29, 0.717) is 9.14 Å². The molecule has 0 amide bonds. The van der Waals surface area contributed by atoms with E-state index in [4.69, 9.17) is 32.8 Å². The number of carbonyl (C=O) groups is 2. The van der Waals surface area contributed by atoms with Crippen molar-refractivity contribution in [2.45, 2.75) is 50.0 Å². The van der Waals surface area contributed by atoms with Gasteiger partial charge in [-0.15, -0.1) is 0 Å². The van der Waals surface area contributed by atoms with Gasteiger partial charge >= 0.3 is 11.9 Å². The summed E-state index contributed by atoms with van der Waals surface area (Å²) in [5.74, 6) is -4.56. The van der Waals surface area contributed by atoms with Gasteiger partial charge in [0.1, 0.15) is 30.0 Å². The molecular formula is C30H38Br2O11. The Morgan fingerprint density at radius 2 is 1.86 bits per heavy atom. The number of cyclic esters (lactones) is 1. The van der Waals surface area contributed by atoms with Crippen LogP contribution in [-0.4, -0.2) is 99.4 Å². The van der Waals surface area contributed by atoms with E-state index in [1.54, 1.807) is 0 Å². The lowest BCUT2D eigenvalue weighted by atomic mass is 9.56. The van der Waals surface area contributed by atoms with Gasteiger partial charge in [-0.3, -0.25) is 4.79 Å². The Morgan fingerprint density at radius 1 is 1.14 bits per heavy atom. The maximum absolute atomic E-state index is 13.8. The molecule has 43 heavy (non-hydrogen) atoms. The molecule has 0 aromatic carbocycles. The number of aliphatic hydroxyl groups is 2. The predicted molar refractivity (Wildman–Crippen MR) is 158 cm³/mol. The molecule has 0 radical (unpaired) electrons. The second-order valence-corrected chi connectivity index (χ2v) is 13.4. The van der Waals surface area contributed by atoms with E-state index in [9.17, 15) is 19.8 Å². The molecule has 2 N–H and O–H groups in total. The van der Waals surface area contributed by atoms with Crippen molar-refractivity contribution in [3.8, 4) is 0 Å². The third-order valence-corrected chi connectivity index (χ3v) is 11.1. The van der Waals surface area contributed by atoms with Gasteiger partial charge in [0, 0.05) is 57.0 Å². The van der Waals surface area contributed by atoms with Crippen LogP contribution in [0.3, 0.4) is 0 Å². The Bertz CT molecular complexity index is 1240. The molecule has 11 nitrogen and oxygen atoms in total. The number of furan rings is 1. The van der Waals surface area contributed by atoms with Gasteiger partial charge < -0.3 is 43.1 Å². The van der Waals surface area contributed by atoms with Crippen LogP contribution in [0.25, 0.3) is 0 Å². The highest BCUT2D eigenvalue weighted by Crippen LogP contribution is 2.62. The van der Waals surface area contributed by atoms with Crippen LogP contribution in [0.5, 0.6) is 0 Å². The minimum absolute atomic E-state index is 0.0185. The summed E-state index contributed by atoms with van der Waals surface area (Å²) in [6.07, 6.45) is 1.28. The van der Waals surface area contributed by atoms with Crippen molar-refractivity contribution in [3.63, 3.8) is 0 Å². The summed E-state index contributed by atoms with van der Waals surface area (Å²) in [6, 6.07) is 1.50. The molecule has 0 unspecified atom stereocenters. The molecule has 2 aliphatic heterocycles. The van der Waals surface area contributed by atoms with E-state index in [2.05, 4.69) is 31.9 Å². The molecule has 4 bridgehead atoms. The van der Waals surface area contributed by atoms with Gasteiger partial charge in [-0.2, -0.15) is 0 Å². The van der Waals surface area contributed by atoms with Crippen LogP contribution in [0, 0.1) is 35.5 Å². The highest BCUT2D eigenvalue weighted by molar-refractivity contribution is 9.13. The van der Waals surface area contributed by atoms with Gasteiger partial charge in [-0.1, -0.05) is 25.2 Å². The third-order valence-electron chi connectivity index (χ3n) is 9.36. The van der Waals surface area contributed by atoms with Crippen molar-refractivity contribution in [1.82, 2.24) is 0 Å². The van der Waals surface area contributed by atoms with E-state index in [1.165, 1.54) is 27.4 Å². The number of methoxy groups -OCH3 is 3. The van der Waals surface area contributed by atoms with Crippen molar-refractivity contribution < 1.29 is 52.6 Å². The van der Waals surface area contributed by atoms with E-state index < -0.39 is 77.6 Å². The lowest BCUT2D eigenvalue weighted by molar-refractivity contribution is -0.173. The molecule has 1 spiro atoms. The molecule has 12 atom stereocenters. The van der Waals surface area contributed by atoms with Crippen LogP contribution in [0.4, 0.5) is 0 Å². The smallest absolute Gasteiger partial charge is 0.374 e. The number of carbonyl (C=O) groups excluding carboxylic acids is 2. The van der Waals surface area contributed by atoms with Gasteiger partial charge in [0.15, 0.2) is 4.67 Å². The standard InChI is InChI=1S/C30H38Br2O11/c1-13-8-14(2)30-18(16(10-37-3)28(35)41-24(13)20(33)12-39-5)7-6-15-22(30)23(34)17(11-38-4)25(26(15)43-30)42-29(36)21-9-19(31)27(32)40-21/h6-9,13,15-18,20,22-26,33-34H,10-12H2,1-5H3/b14-8+/t13-,15-,16-,17-,18-,20-,22+,23-,24+,25-,26-,30+/m1/s1. The number of hydrogen-bond acceptors (Lipinski definition) is 11. The Balaban J connectivity index is 1.60. The van der Waals surface area contributed by atoms with Gasteiger partial charge in [-0.05, 0) is 44.4 Å². The average molecular weight is 734 g/mol. The van der Waals surface area contributed by atoms with Crippen molar-refractivity contribution in [1.29, 1.82) is 0 Å². The molecule has 238 valence electrons. The summed E-state index contributed by atoms with van der Waals surface area (Å²) in [5, 5.41) is 22.9. The monoisotopic (exact) mass is 732 g/mol. The lowest BCUT2D eigenvalue weighted by Crippen LogP contribution is -2.59. The molecule has 13 heteroatoms. The summed E-state index contributed by atoms with van der Waals surface area (Å²) < 4.78 is 41.6. The summed E-state index contributed by atoms with van der Waals surface area (Å²) >= 11 is 6.57. The zero-order chi connectivity index (χ0) is 31.2. The van der Waals surface area contributed by atoms with Crippen LogP contribution in [-0.2, 0) is 33.2 Å². The first-order valence-corrected chi connectivity index (χ1v) is 15.8. The lowest BCUT2D eigenvalue weighted by Gasteiger charge is -2.49. The fourth-order valence-corrected chi connectivity index (χ4v) is 8.20. The maximum atomic E-state index is 13.8. The van der Waals surface area contributed by atoms with Gasteiger partial charge in [0.2, 0.25) is 5.76 Å². The van der Waals surface area contributed by atoms with Crippen molar-refractivity contribution in [3.05, 3.63) is 44.8 Å². The van der Waals surface area contributed by atoms with Crippen LogP contribution >= 0.6 is 31.9 Å². The Kier molecular flexibility index (Phi) is 9.94. The van der Waals surface area contributed by atoms with Crippen molar-refractivity contribution in [2.75, 3.05) is 41.2 Å². The second-order valence-electron chi connectivity index (χ2n) is 11.8. The maximum Gasteiger partial charge on any atom is 0.374 e. The number of aliphatic hydroxyl groups excluding tert-OH is 2. The van der Waals surface area contributed by atoms with Crippen LogP contribution in [0.2, 0.25) is 0 Å². The minimum atomic E-state index is -1.16. The quantitative estimate of drug-likeness (QED) is 0.285. The molecule has 1 saturated carbocycles. The van der Waals surface area contributed by atoms with Crippen LogP contribution in [0.15, 0.2) is 43.4 Å². The first kappa shape index (κ1) is 32.8.